The Hall–Kier alpha value is -2.70. The molecule has 12 heteroatoms. The SMILES string of the molecule is COc1ccc(NC(=O)c2ccc(C(F)(F)F)nc2C)cc1S(=O)(=O)N1CCOCC1. The highest BCUT2D eigenvalue weighted by molar-refractivity contribution is 7.89. The number of pyridine rings is 1. The molecule has 1 aliphatic rings. The van der Waals surface area contributed by atoms with Crippen LogP contribution in [0.2, 0.25) is 0 Å². The average molecular weight is 459 g/mol. The van der Waals surface area contributed by atoms with E-state index in [1.165, 1.54) is 36.5 Å². The first-order valence-corrected chi connectivity index (χ1v) is 10.6. The number of amides is 1. The fourth-order valence-corrected chi connectivity index (χ4v) is 4.63. The van der Waals surface area contributed by atoms with Crippen molar-refractivity contribution in [3.05, 3.63) is 47.3 Å². The maximum atomic E-state index is 13.0. The van der Waals surface area contributed by atoms with Crippen LogP contribution < -0.4 is 10.1 Å². The van der Waals surface area contributed by atoms with E-state index in [0.29, 0.717) is 6.07 Å². The average Bonchev–Trinajstić information content (AvgIpc) is 2.73. The molecule has 0 unspecified atom stereocenters. The van der Waals surface area contributed by atoms with Gasteiger partial charge in [0.2, 0.25) is 10.0 Å². The first kappa shape index (κ1) is 23.0. The lowest BCUT2D eigenvalue weighted by Crippen LogP contribution is -2.40. The summed E-state index contributed by atoms with van der Waals surface area (Å²) in [5.74, 6) is -0.629. The second-order valence-corrected chi connectivity index (χ2v) is 8.57. The number of nitrogens with one attached hydrogen (secondary N) is 1. The van der Waals surface area contributed by atoms with Gasteiger partial charge in [0.15, 0.2) is 0 Å². The van der Waals surface area contributed by atoms with Gasteiger partial charge in [-0.1, -0.05) is 0 Å². The number of aryl methyl sites for hydroxylation is 1. The third-order valence-electron chi connectivity index (χ3n) is 4.63. The molecule has 0 atom stereocenters. The van der Waals surface area contributed by atoms with Gasteiger partial charge in [-0.25, -0.2) is 13.4 Å². The number of alkyl halides is 3. The molecule has 0 spiro atoms. The molecule has 0 saturated carbocycles. The molecule has 1 N–H and O–H groups in total. The van der Waals surface area contributed by atoms with Crippen LogP contribution >= 0.6 is 0 Å². The second kappa shape index (κ2) is 8.81. The van der Waals surface area contributed by atoms with Crippen LogP contribution in [0.3, 0.4) is 0 Å². The van der Waals surface area contributed by atoms with Crippen molar-refractivity contribution in [3.63, 3.8) is 0 Å². The maximum Gasteiger partial charge on any atom is 0.433 e. The number of aromatic nitrogens is 1. The second-order valence-electron chi connectivity index (χ2n) is 6.66. The van der Waals surface area contributed by atoms with E-state index in [4.69, 9.17) is 9.47 Å². The van der Waals surface area contributed by atoms with Crippen molar-refractivity contribution < 1.29 is 35.9 Å². The van der Waals surface area contributed by atoms with Gasteiger partial charge in [-0.3, -0.25) is 4.79 Å². The Morgan fingerprint density at radius 2 is 1.87 bits per heavy atom. The molecule has 2 heterocycles. The van der Waals surface area contributed by atoms with Gasteiger partial charge in [0.05, 0.1) is 31.6 Å². The van der Waals surface area contributed by atoms with E-state index in [2.05, 4.69) is 10.3 Å². The summed E-state index contributed by atoms with van der Waals surface area (Å²) >= 11 is 0. The Labute approximate surface area is 177 Å². The molecule has 0 aliphatic carbocycles. The molecular weight excluding hydrogens is 439 g/mol. The van der Waals surface area contributed by atoms with Crippen LogP contribution in [0.25, 0.3) is 0 Å². The highest BCUT2D eigenvalue weighted by Crippen LogP contribution is 2.31. The summed E-state index contributed by atoms with van der Waals surface area (Å²) < 4.78 is 76.0. The number of halogens is 3. The van der Waals surface area contributed by atoms with E-state index in [1.54, 1.807) is 0 Å². The molecule has 168 valence electrons. The van der Waals surface area contributed by atoms with Crippen molar-refractivity contribution in [2.24, 2.45) is 0 Å². The first-order chi connectivity index (χ1) is 14.5. The lowest BCUT2D eigenvalue weighted by molar-refractivity contribution is -0.141. The largest absolute Gasteiger partial charge is 0.495 e. The van der Waals surface area contributed by atoms with Gasteiger partial charge in [-0.2, -0.15) is 17.5 Å². The van der Waals surface area contributed by atoms with E-state index in [-0.39, 0.29) is 53.9 Å². The van der Waals surface area contributed by atoms with Gasteiger partial charge in [-0.15, -0.1) is 0 Å². The van der Waals surface area contributed by atoms with Gasteiger partial charge < -0.3 is 14.8 Å². The van der Waals surface area contributed by atoms with Crippen molar-refractivity contribution in [1.29, 1.82) is 0 Å². The Balaban J connectivity index is 1.89. The topological polar surface area (TPSA) is 97.8 Å². The van der Waals surface area contributed by atoms with Crippen LogP contribution in [0.1, 0.15) is 21.7 Å². The lowest BCUT2D eigenvalue weighted by atomic mass is 10.1. The lowest BCUT2D eigenvalue weighted by Gasteiger charge is -2.26. The predicted molar refractivity (Wildman–Crippen MR) is 105 cm³/mol. The Morgan fingerprint density at radius 1 is 1.19 bits per heavy atom. The van der Waals surface area contributed by atoms with Gasteiger partial charge in [0.25, 0.3) is 5.91 Å². The first-order valence-electron chi connectivity index (χ1n) is 9.16. The number of benzene rings is 1. The van der Waals surface area contributed by atoms with Crippen LogP contribution in [0, 0.1) is 6.92 Å². The Morgan fingerprint density at radius 3 is 2.45 bits per heavy atom. The number of rotatable bonds is 5. The number of hydrogen-bond acceptors (Lipinski definition) is 6. The number of carbonyl (C=O) groups excluding carboxylic acids is 1. The number of anilines is 1. The van der Waals surface area contributed by atoms with Gasteiger partial charge in [0, 0.05) is 18.8 Å². The van der Waals surface area contributed by atoms with Crippen LogP contribution in [0.5, 0.6) is 5.75 Å². The third kappa shape index (κ3) is 4.97. The molecule has 0 radical (unpaired) electrons. The third-order valence-corrected chi connectivity index (χ3v) is 6.55. The number of nitrogens with zero attached hydrogens (tertiary/aromatic N) is 2. The van der Waals surface area contributed by atoms with Crippen molar-refractivity contribution in [1.82, 2.24) is 9.29 Å². The minimum atomic E-state index is -4.63. The number of carbonyl (C=O) groups is 1. The summed E-state index contributed by atoms with van der Waals surface area (Å²) in [5.41, 5.74) is -1.15. The van der Waals surface area contributed by atoms with E-state index < -0.39 is 27.8 Å². The maximum absolute atomic E-state index is 13.0. The minimum Gasteiger partial charge on any atom is -0.495 e. The highest BCUT2D eigenvalue weighted by atomic mass is 32.2. The van der Waals surface area contributed by atoms with E-state index in [0.717, 1.165) is 6.07 Å². The molecule has 2 aromatic rings. The van der Waals surface area contributed by atoms with Gasteiger partial charge in [-0.05, 0) is 37.3 Å². The van der Waals surface area contributed by atoms with Crippen molar-refractivity contribution >= 4 is 21.6 Å². The smallest absolute Gasteiger partial charge is 0.433 e. The predicted octanol–water partition coefficient (Wildman–Crippen LogP) is 2.69. The molecule has 1 amide bonds. The van der Waals surface area contributed by atoms with Crippen molar-refractivity contribution in [2.75, 3.05) is 38.7 Å². The summed E-state index contributed by atoms with van der Waals surface area (Å²) in [5, 5.41) is 2.50. The standard InChI is InChI=1S/C19H20F3N3O5S/c1-12-14(4-6-17(23-12)19(20,21)22)18(26)24-13-3-5-15(29-2)16(11-13)31(27,28)25-7-9-30-10-8-25/h3-6,11H,7-10H2,1-2H3,(H,24,26). The van der Waals surface area contributed by atoms with Crippen molar-refractivity contribution in [3.8, 4) is 5.75 Å². The molecule has 1 aromatic carbocycles. The molecule has 8 nitrogen and oxygen atoms in total. The number of ether oxygens (including phenoxy) is 2. The zero-order valence-corrected chi connectivity index (χ0v) is 17.5. The van der Waals surface area contributed by atoms with E-state index in [9.17, 15) is 26.4 Å². The highest BCUT2D eigenvalue weighted by Gasteiger charge is 2.33. The quantitative estimate of drug-likeness (QED) is 0.739. The number of methoxy groups -OCH3 is 1. The van der Waals surface area contributed by atoms with E-state index >= 15 is 0 Å². The van der Waals surface area contributed by atoms with Crippen LogP contribution in [-0.4, -0.2) is 57.0 Å². The minimum absolute atomic E-state index is 0.0681. The summed E-state index contributed by atoms with van der Waals surface area (Å²) in [6.07, 6.45) is -4.63. The molecule has 1 fully saturated rings. The fraction of sp³-hybridized carbons (Fsp3) is 0.368. The van der Waals surface area contributed by atoms with Gasteiger partial charge in [0.1, 0.15) is 16.3 Å². The fourth-order valence-electron chi connectivity index (χ4n) is 3.04. The molecule has 1 aromatic heterocycles. The normalized spacial score (nSPS) is 15.5. The number of morpholine rings is 1. The summed E-state index contributed by atoms with van der Waals surface area (Å²) in [4.78, 5) is 15.9. The zero-order chi connectivity index (χ0) is 22.8. The van der Waals surface area contributed by atoms with Crippen LogP contribution in [0.15, 0.2) is 35.2 Å². The van der Waals surface area contributed by atoms with Crippen LogP contribution in [-0.2, 0) is 20.9 Å². The number of hydrogen-bond donors (Lipinski definition) is 1. The molecule has 1 aliphatic heterocycles. The zero-order valence-electron chi connectivity index (χ0n) is 16.7. The summed E-state index contributed by atoms with van der Waals surface area (Å²) in [7, 11) is -2.60. The Kier molecular flexibility index (Phi) is 6.53. The number of sulfonamides is 1. The summed E-state index contributed by atoms with van der Waals surface area (Å²) in [6, 6.07) is 5.80. The molecular formula is C19H20F3N3O5S. The monoisotopic (exact) mass is 459 g/mol. The molecule has 3 rings (SSSR count). The molecule has 31 heavy (non-hydrogen) atoms. The van der Waals surface area contributed by atoms with Crippen LogP contribution in [0.4, 0.5) is 18.9 Å². The Bertz CT molecular complexity index is 1080. The van der Waals surface area contributed by atoms with Gasteiger partial charge >= 0.3 is 6.18 Å². The molecule has 1 saturated heterocycles. The van der Waals surface area contributed by atoms with Crippen molar-refractivity contribution in [2.45, 2.75) is 18.0 Å². The van der Waals surface area contributed by atoms with E-state index in [1.807, 2.05) is 0 Å². The molecule has 0 bridgehead atoms. The summed E-state index contributed by atoms with van der Waals surface area (Å²) in [6.45, 7) is 2.17.